The molecule has 0 saturated carbocycles. The van der Waals surface area contributed by atoms with Gasteiger partial charge in [-0.1, -0.05) is 0 Å². The quantitative estimate of drug-likeness (QED) is 0.334. The number of aromatic nitrogens is 2. The van der Waals surface area contributed by atoms with Crippen LogP contribution in [0.5, 0.6) is 0 Å². The fourth-order valence-corrected chi connectivity index (χ4v) is 0.997. The predicted molar refractivity (Wildman–Crippen MR) is 66.0 cm³/mol. The van der Waals surface area contributed by atoms with Gasteiger partial charge in [0.1, 0.15) is 6.04 Å². The van der Waals surface area contributed by atoms with Crippen molar-refractivity contribution in [1.82, 2.24) is 15.3 Å². The van der Waals surface area contributed by atoms with E-state index in [2.05, 4.69) is 15.3 Å². The van der Waals surface area contributed by atoms with Gasteiger partial charge >= 0.3 is 17.9 Å². The van der Waals surface area contributed by atoms with Gasteiger partial charge in [-0.25, -0.2) is 4.98 Å². The molecule has 1 aromatic heterocycles. The molecule has 0 aliphatic rings. The summed E-state index contributed by atoms with van der Waals surface area (Å²) in [5.74, 6) is -3.12. The first-order chi connectivity index (χ1) is 9.32. The SMILES string of the molecule is N[C@@H](Cc1cnc[nH]1)C(=O)O.O=C(O)CNCC(=O)O. The molecule has 0 bridgehead atoms. The summed E-state index contributed by atoms with van der Waals surface area (Å²) in [6.07, 6.45) is 3.34. The fourth-order valence-electron chi connectivity index (χ4n) is 0.997. The minimum atomic E-state index is -1.06. The lowest BCUT2D eigenvalue weighted by molar-refractivity contribution is -0.139. The number of nitrogens with zero attached hydrogens (tertiary/aromatic N) is 1. The predicted octanol–water partition coefficient (Wildman–Crippen LogP) is -1.89. The summed E-state index contributed by atoms with van der Waals surface area (Å²) < 4.78 is 0. The Labute approximate surface area is 113 Å². The van der Waals surface area contributed by atoms with Gasteiger partial charge in [-0.15, -0.1) is 0 Å². The molecular weight excluding hydrogens is 272 g/mol. The van der Waals surface area contributed by atoms with E-state index in [4.69, 9.17) is 21.1 Å². The number of rotatable bonds is 7. The van der Waals surface area contributed by atoms with Crippen molar-refractivity contribution in [3.05, 3.63) is 18.2 Å². The number of aliphatic carboxylic acids is 3. The second kappa shape index (κ2) is 9.47. The smallest absolute Gasteiger partial charge is 0.320 e. The van der Waals surface area contributed by atoms with Crippen molar-refractivity contribution in [2.45, 2.75) is 12.5 Å². The Morgan fingerprint density at radius 1 is 1.25 bits per heavy atom. The van der Waals surface area contributed by atoms with Gasteiger partial charge in [-0.2, -0.15) is 0 Å². The van der Waals surface area contributed by atoms with E-state index >= 15 is 0 Å². The van der Waals surface area contributed by atoms with Crippen LogP contribution in [-0.2, 0) is 20.8 Å². The summed E-state index contributed by atoms with van der Waals surface area (Å²) in [6, 6.07) is -0.851. The third-order valence-electron chi connectivity index (χ3n) is 1.86. The minimum Gasteiger partial charge on any atom is -0.480 e. The molecule has 1 aromatic rings. The van der Waals surface area contributed by atoms with Crippen LogP contribution in [0.1, 0.15) is 5.69 Å². The molecule has 1 heterocycles. The Morgan fingerprint density at radius 2 is 1.80 bits per heavy atom. The molecule has 7 N–H and O–H groups in total. The molecule has 0 aliphatic carbocycles. The highest BCUT2D eigenvalue weighted by molar-refractivity contribution is 5.73. The highest BCUT2D eigenvalue weighted by atomic mass is 16.4. The summed E-state index contributed by atoms with van der Waals surface area (Å²) in [4.78, 5) is 36.2. The standard InChI is InChI=1S/C6H9N3O2.C4H7NO4/c7-5(6(10)11)1-4-2-8-3-9-4;6-3(7)1-5-2-4(8)9/h2-3,5H,1,7H2,(H,8,9)(H,10,11);5H,1-2H2,(H,6,7)(H,8,9)/t5-;/m0./s1. The van der Waals surface area contributed by atoms with Crippen molar-refractivity contribution >= 4 is 17.9 Å². The van der Waals surface area contributed by atoms with Crippen LogP contribution in [0, 0.1) is 0 Å². The molecule has 0 amide bonds. The average molecular weight is 288 g/mol. The number of carboxylic acids is 3. The summed E-state index contributed by atoms with van der Waals surface area (Å²) in [7, 11) is 0. The Bertz CT molecular complexity index is 419. The van der Waals surface area contributed by atoms with Crippen molar-refractivity contribution in [2.24, 2.45) is 5.73 Å². The first-order valence-electron chi connectivity index (χ1n) is 5.42. The monoisotopic (exact) mass is 288 g/mol. The van der Waals surface area contributed by atoms with Crippen molar-refractivity contribution in [3.63, 3.8) is 0 Å². The molecule has 10 nitrogen and oxygen atoms in total. The Balaban J connectivity index is 0.000000370. The normalized spacial score (nSPS) is 11.1. The zero-order chi connectivity index (χ0) is 15.5. The second-order valence-corrected chi connectivity index (χ2v) is 3.62. The maximum absolute atomic E-state index is 10.3. The molecular formula is C10H16N4O6. The van der Waals surface area contributed by atoms with Gasteiger partial charge in [-0.3, -0.25) is 19.7 Å². The molecule has 0 aromatic carbocycles. The van der Waals surface area contributed by atoms with Gasteiger partial charge in [0.2, 0.25) is 0 Å². The summed E-state index contributed by atoms with van der Waals surface area (Å²) in [6.45, 7) is -0.626. The number of H-pyrrole nitrogens is 1. The minimum absolute atomic E-state index is 0.287. The van der Waals surface area contributed by atoms with E-state index in [9.17, 15) is 14.4 Å². The van der Waals surface area contributed by atoms with Crippen LogP contribution in [0.25, 0.3) is 0 Å². The number of nitrogens with one attached hydrogen (secondary N) is 2. The lowest BCUT2D eigenvalue weighted by Gasteiger charge is -2.02. The number of imidazole rings is 1. The highest BCUT2D eigenvalue weighted by Crippen LogP contribution is 1.95. The number of carboxylic acid groups (broad SMARTS) is 3. The van der Waals surface area contributed by atoms with E-state index in [0.29, 0.717) is 0 Å². The van der Waals surface area contributed by atoms with E-state index in [0.717, 1.165) is 5.69 Å². The van der Waals surface area contributed by atoms with Gasteiger partial charge in [0, 0.05) is 18.3 Å². The molecule has 0 unspecified atom stereocenters. The van der Waals surface area contributed by atoms with Gasteiger partial charge < -0.3 is 26.0 Å². The zero-order valence-electron chi connectivity index (χ0n) is 10.4. The number of aromatic amines is 1. The topological polar surface area (TPSA) is 179 Å². The van der Waals surface area contributed by atoms with Crippen molar-refractivity contribution in [1.29, 1.82) is 0 Å². The van der Waals surface area contributed by atoms with Gasteiger partial charge in [0.15, 0.2) is 0 Å². The van der Waals surface area contributed by atoms with E-state index in [1.54, 1.807) is 6.20 Å². The van der Waals surface area contributed by atoms with Crippen LogP contribution < -0.4 is 11.1 Å². The zero-order valence-corrected chi connectivity index (χ0v) is 10.4. The molecule has 0 spiro atoms. The number of hydrogen-bond donors (Lipinski definition) is 6. The molecule has 0 fully saturated rings. The van der Waals surface area contributed by atoms with Crippen molar-refractivity contribution in [3.8, 4) is 0 Å². The van der Waals surface area contributed by atoms with E-state index in [1.165, 1.54) is 6.33 Å². The first-order valence-corrected chi connectivity index (χ1v) is 5.42. The number of hydrogen-bond acceptors (Lipinski definition) is 6. The number of nitrogens with two attached hydrogens (primary N) is 1. The van der Waals surface area contributed by atoms with Crippen LogP contribution in [0.2, 0.25) is 0 Å². The van der Waals surface area contributed by atoms with Gasteiger partial charge in [0.25, 0.3) is 0 Å². The lowest BCUT2D eigenvalue weighted by atomic mass is 10.2. The lowest BCUT2D eigenvalue weighted by Crippen LogP contribution is -2.32. The summed E-state index contributed by atoms with van der Waals surface area (Å²) >= 11 is 0. The van der Waals surface area contributed by atoms with E-state index in [1.807, 2.05) is 0 Å². The van der Waals surface area contributed by atoms with E-state index < -0.39 is 23.9 Å². The third kappa shape index (κ3) is 9.56. The third-order valence-corrected chi connectivity index (χ3v) is 1.86. The maximum Gasteiger partial charge on any atom is 0.320 e. The molecule has 0 saturated heterocycles. The second-order valence-electron chi connectivity index (χ2n) is 3.62. The van der Waals surface area contributed by atoms with Crippen LogP contribution in [0.3, 0.4) is 0 Å². The van der Waals surface area contributed by atoms with Crippen LogP contribution in [0.4, 0.5) is 0 Å². The largest absolute Gasteiger partial charge is 0.480 e. The van der Waals surface area contributed by atoms with Crippen LogP contribution in [0.15, 0.2) is 12.5 Å². The average Bonchev–Trinajstić information content (AvgIpc) is 2.81. The molecule has 0 aliphatic heterocycles. The molecule has 1 atom stereocenters. The fraction of sp³-hybridized carbons (Fsp3) is 0.400. The summed E-state index contributed by atoms with van der Waals surface area (Å²) in [5, 5.41) is 26.5. The molecule has 10 heteroatoms. The van der Waals surface area contributed by atoms with Gasteiger partial charge in [0.05, 0.1) is 19.4 Å². The Kier molecular flexibility index (Phi) is 8.30. The Morgan fingerprint density at radius 3 is 2.15 bits per heavy atom. The van der Waals surface area contributed by atoms with Gasteiger partial charge in [-0.05, 0) is 0 Å². The number of carbonyl (C=O) groups is 3. The molecule has 20 heavy (non-hydrogen) atoms. The maximum atomic E-state index is 10.3. The van der Waals surface area contributed by atoms with Crippen molar-refractivity contribution in [2.75, 3.05) is 13.1 Å². The Hall–Kier alpha value is -2.46. The van der Waals surface area contributed by atoms with E-state index in [-0.39, 0.29) is 19.5 Å². The first kappa shape index (κ1) is 17.5. The molecule has 0 radical (unpaired) electrons. The highest BCUT2D eigenvalue weighted by Gasteiger charge is 2.12. The molecule has 1 rings (SSSR count). The van der Waals surface area contributed by atoms with Crippen LogP contribution in [-0.4, -0.2) is 62.3 Å². The molecule has 112 valence electrons. The van der Waals surface area contributed by atoms with Crippen LogP contribution >= 0.6 is 0 Å². The van der Waals surface area contributed by atoms with Crippen molar-refractivity contribution < 1.29 is 29.7 Å². The summed E-state index contributed by atoms with van der Waals surface area (Å²) in [5.41, 5.74) is 6.00.